The van der Waals surface area contributed by atoms with Crippen molar-refractivity contribution in [2.75, 3.05) is 20.1 Å². The van der Waals surface area contributed by atoms with Crippen molar-refractivity contribution in [1.29, 1.82) is 5.41 Å². The third-order valence-corrected chi connectivity index (χ3v) is 2.75. The lowest BCUT2D eigenvalue weighted by Crippen LogP contribution is -2.34. The van der Waals surface area contributed by atoms with Crippen LogP contribution in [0.5, 0.6) is 0 Å². The van der Waals surface area contributed by atoms with Crippen molar-refractivity contribution in [3.05, 3.63) is 35.9 Å². The van der Waals surface area contributed by atoms with Crippen molar-refractivity contribution in [1.82, 2.24) is 4.90 Å². The highest BCUT2D eigenvalue weighted by atomic mass is 15.1. The number of likely N-dealkylation sites (N-methyl/N-ethyl adjacent to an activating group) is 1. The van der Waals surface area contributed by atoms with Crippen molar-refractivity contribution in [2.45, 2.75) is 19.8 Å². The second kappa shape index (κ2) is 6.40. The van der Waals surface area contributed by atoms with E-state index in [1.165, 1.54) is 0 Å². The molecule has 1 aromatic rings. The third-order valence-electron chi connectivity index (χ3n) is 2.75. The van der Waals surface area contributed by atoms with Gasteiger partial charge in [-0.05, 0) is 18.5 Å². The largest absolute Gasteiger partial charge is 0.387 e. The monoisotopic (exact) mass is 233 g/mol. The number of nitrogens with one attached hydrogen (secondary N) is 1. The molecule has 0 aromatic heterocycles. The Morgan fingerprint density at radius 3 is 2.29 bits per heavy atom. The van der Waals surface area contributed by atoms with Gasteiger partial charge in [0.25, 0.3) is 0 Å². The van der Waals surface area contributed by atoms with Crippen LogP contribution in [0.1, 0.15) is 25.3 Å². The van der Waals surface area contributed by atoms with Crippen LogP contribution >= 0.6 is 0 Å². The standard InChI is InChI=1S/C14H23N3/c1-11(2)9-17(3)10-13(14(15)16)12-7-5-4-6-8-12/h4-8,11,13H,9-10H2,1-3H3,(H3,15,16). The van der Waals surface area contributed by atoms with Gasteiger partial charge < -0.3 is 10.6 Å². The topological polar surface area (TPSA) is 53.1 Å². The molecule has 0 spiro atoms. The summed E-state index contributed by atoms with van der Waals surface area (Å²) in [5.41, 5.74) is 6.83. The molecule has 17 heavy (non-hydrogen) atoms. The van der Waals surface area contributed by atoms with Crippen molar-refractivity contribution >= 4 is 5.84 Å². The van der Waals surface area contributed by atoms with Crippen LogP contribution in [0.3, 0.4) is 0 Å². The van der Waals surface area contributed by atoms with Crippen molar-refractivity contribution < 1.29 is 0 Å². The van der Waals surface area contributed by atoms with Gasteiger partial charge >= 0.3 is 0 Å². The summed E-state index contributed by atoms with van der Waals surface area (Å²) in [4.78, 5) is 2.24. The first-order chi connectivity index (χ1) is 8.00. The van der Waals surface area contributed by atoms with E-state index < -0.39 is 0 Å². The Kier molecular flexibility index (Phi) is 5.16. The Hall–Kier alpha value is -1.35. The fourth-order valence-electron chi connectivity index (χ4n) is 2.08. The third kappa shape index (κ3) is 4.57. The summed E-state index contributed by atoms with van der Waals surface area (Å²) < 4.78 is 0. The Bertz CT molecular complexity index is 346. The van der Waals surface area contributed by atoms with E-state index in [1.54, 1.807) is 0 Å². The second-order valence-corrected chi connectivity index (χ2v) is 5.03. The molecule has 0 saturated carbocycles. The SMILES string of the molecule is CC(C)CN(C)CC(C(=N)N)c1ccccc1. The van der Waals surface area contributed by atoms with Crippen LogP contribution in [0.25, 0.3) is 0 Å². The smallest absolute Gasteiger partial charge is 0.0995 e. The summed E-state index contributed by atoms with van der Waals surface area (Å²) in [6, 6.07) is 10.0. The molecular formula is C14H23N3. The summed E-state index contributed by atoms with van der Waals surface area (Å²) >= 11 is 0. The van der Waals surface area contributed by atoms with Gasteiger partial charge in [0.15, 0.2) is 0 Å². The van der Waals surface area contributed by atoms with Crippen LogP contribution in [-0.4, -0.2) is 30.9 Å². The summed E-state index contributed by atoms with van der Waals surface area (Å²) in [6.45, 7) is 6.22. The molecule has 1 aromatic carbocycles. The predicted molar refractivity (Wildman–Crippen MR) is 73.4 cm³/mol. The lowest BCUT2D eigenvalue weighted by Gasteiger charge is -2.25. The fourth-order valence-corrected chi connectivity index (χ4v) is 2.08. The molecule has 0 fully saturated rings. The van der Waals surface area contributed by atoms with E-state index in [1.807, 2.05) is 30.3 Å². The van der Waals surface area contributed by atoms with E-state index in [0.29, 0.717) is 5.92 Å². The Balaban J connectivity index is 2.71. The van der Waals surface area contributed by atoms with Crippen molar-refractivity contribution in [3.8, 4) is 0 Å². The van der Waals surface area contributed by atoms with Gasteiger partial charge in [0.05, 0.1) is 11.8 Å². The maximum atomic E-state index is 7.72. The second-order valence-electron chi connectivity index (χ2n) is 5.03. The van der Waals surface area contributed by atoms with Gasteiger partial charge in [0, 0.05) is 13.1 Å². The van der Waals surface area contributed by atoms with Gasteiger partial charge in [0.2, 0.25) is 0 Å². The average Bonchev–Trinajstić information content (AvgIpc) is 2.25. The molecule has 0 aliphatic heterocycles. The molecule has 1 rings (SSSR count). The first-order valence-electron chi connectivity index (χ1n) is 6.08. The molecule has 3 N–H and O–H groups in total. The highest BCUT2D eigenvalue weighted by molar-refractivity contribution is 5.84. The lowest BCUT2D eigenvalue weighted by atomic mass is 9.97. The summed E-state index contributed by atoms with van der Waals surface area (Å²) in [5.74, 6) is 0.870. The molecule has 94 valence electrons. The molecule has 3 nitrogen and oxygen atoms in total. The normalized spacial score (nSPS) is 13.0. The number of hydrogen-bond acceptors (Lipinski definition) is 2. The fraction of sp³-hybridized carbons (Fsp3) is 0.500. The average molecular weight is 233 g/mol. The van der Waals surface area contributed by atoms with Gasteiger partial charge in [-0.25, -0.2) is 0 Å². The molecule has 0 aliphatic rings. The number of benzene rings is 1. The summed E-state index contributed by atoms with van der Waals surface area (Å²) in [6.07, 6.45) is 0. The maximum absolute atomic E-state index is 7.72. The van der Waals surface area contributed by atoms with Crippen LogP contribution in [-0.2, 0) is 0 Å². The summed E-state index contributed by atoms with van der Waals surface area (Å²) in [7, 11) is 2.08. The quantitative estimate of drug-likeness (QED) is 0.585. The zero-order valence-electron chi connectivity index (χ0n) is 11.0. The Morgan fingerprint density at radius 1 is 1.24 bits per heavy atom. The molecule has 1 atom stereocenters. The molecule has 0 heterocycles. The Labute approximate surface area is 104 Å². The zero-order valence-corrected chi connectivity index (χ0v) is 11.0. The minimum atomic E-state index is -0.0000463. The summed E-state index contributed by atoms with van der Waals surface area (Å²) in [5, 5.41) is 7.72. The lowest BCUT2D eigenvalue weighted by molar-refractivity contribution is 0.292. The molecule has 0 radical (unpaired) electrons. The molecule has 0 amide bonds. The molecule has 1 unspecified atom stereocenters. The van der Waals surface area contributed by atoms with E-state index in [-0.39, 0.29) is 11.8 Å². The van der Waals surface area contributed by atoms with E-state index >= 15 is 0 Å². The van der Waals surface area contributed by atoms with E-state index in [2.05, 4.69) is 25.8 Å². The van der Waals surface area contributed by atoms with E-state index in [4.69, 9.17) is 11.1 Å². The molecule has 0 bridgehead atoms. The van der Waals surface area contributed by atoms with Gasteiger partial charge in [-0.3, -0.25) is 5.41 Å². The highest BCUT2D eigenvalue weighted by Gasteiger charge is 2.17. The molecule has 0 saturated heterocycles. The van der Waals surface area contributed by atoms with Crippen molar-refractivity contribution in [2.24, 2.45) is 11.7 Å². The maximum Gasteiger partial charge on any atom is 0.0995 e. The Morgan fingerprint density at radius 2 is 1.82 bits per heavy atom. The van der Waals surface area contributed by atoms with Gasteiger partial charge in [-0.1, -0.05) is 44.2 Å². The van der Waals surface area contributed by atoms with Crippen LogP contribution in [0.2, 0.25) is 0 Å². The van der Waals surface area contributed by atoms with E-state index in [0.717, 1.165) is 18.7 Å². The molecule has 0 aliphatic carbocycles. The predicted octanol–water partition coefficient (Wildman–Crippen LogP) is 2.29. The minimum absolute atomic E-state index is 0.0000463. The van der Waals surface area contributed by atoms with Crippen molar-refractivity contribution in [3.63, 3.8) is 0 Å². The number of nitrogens with two attached hydrogens (primary N) is 1. The van der Waals surface area contributed by atoms with Gasteiger partial charge in [-0.15, -0.1) is 0 Å². The first kappa shape index (κ1) is 13.7. The number of hydrogen-bond donors (Lipinski definition) is 2. The van der Waals surface area contributed by atoms with Crippen LogP contribution < -0.4 is 5.73 Å². The molecular weight excluding hydrogens is 210 g/mol. The van der Waals surface area contributed by atoms with Crippen LogP contribution in [0.4, 0.5) is 0 Å². The highest BCUT2D eigenvalue weighted by Crippen LogP contribution is 2.16. The minimum Gasteiger partial charge on any atom is -0.387 e. The van der Waals surface area contributed by atoms with E-state index in [9.17, 15) is 0 Å². The number of rotatable bonds is 6. The zero-order chi connectivity index (χ0) is 12.8. The number of nitrogens with zero attached hydrogens (tertiary/aromatic N) is 1. The number of amidine groups is 1. The van der Waals surface area contributed by atoms with Gasteiger partial charge in [0.1, 0.15) is 0 Å². The first-order valence-corrected chi connectivity index (χ1v) is 6.08. The molecule has 3 heteroatoms. The van der Waals surface area contributed by atoms with Crippen LogP contribution in [0, 0.1) is 11.3 Å². The van der Waals surface area contributed by atoms with Crippen LogP contribution in [0.15, 0.2) is 30.3 Å². The van der Waals surface area contributed by atoms with Gasteiger partial charge in [-0.2, -0.15) is 0 Å².